The molecule has 5 nitrogen and oxygen atoms in total. The number of pyridine rings is 1. The third-order valence-corrected chi connectivity index (χ3v) is 1.75. The highest BCUT2D eigenvalue weighted by atomic mass is 16.5. The third kappa shape index (κ3) is 0.999. The lowest BCUT2D eigenvalue weighted by atomic mass is 10.2. The van der Waals surface area contributed by atoms with E-state index in [1.165, 1.54) is 7.11 Å². The first-order valence-electron chi connectivity index (χ1n) is 3.63. The van der Waals surface area contributed by atoms with Gasteiger partial charge in [-0.2, -0.15) is 10.4 Å². The Morgan fingerprint density at radius 3 is 3.08 bits per heavy atom. The van der Waals surface area contributed by atoms with E-state index in [-0.39, 0.29) is 5.69 Å². The molecule has 0 saturated carbocycles. The lowest BCUT2D eigenvalue weighted by molar-refractivity contribution is 0.415. The maximum absolute atomic E-state index is 8.72. The monoisotopic (exact) mass is 174 g/mol. The van der Waals surface area contributed by atoms with Gasteiger partial charge in [0, 0.05) is 11.6 Å². The van der Waals surface area contributed by atoms with Crippen LogP contribution in [0.4, 0.5) is 0 Å². The summed E-state index contributed by atoms with van der Waals surface area (Å²) in [5, 5.41) is 16.1. The van der Waals surface area contributed by atoms with Crippen LogP contribution in [0.15, 0.2) is 12.4 Å². The lowest BCUT2D eigenvalue weighted by Crippen LogP contribution is -1.92. The minimum atomic E-state index is 0.263. The first kappa shape index (κ1) is 7.55. The van der Waals surface area contributed by atoms with Crippen LogP contribution in [0, 0.1) is 11.3 Å². The molecule has 0 amide bonds. The summed E-state index contributed by atoms with van der Waals surface area (Å²) in [5.41, 5.74) is 0.966. The average molecular weight is 174 g/mol. The maximum Gasteiger partial charge on any atom is 0.184 e. The van der Waals surface area contributed by atoms with Gasteiger partial charge in [-0.05, 0) is 0 Å². The van der Waals surface area contributed by atoms with Crippen molar-refractivity contribution in [1.29, 1.82) is 5.26 Å². The molecule has 0 atom stereocenters. The number of methoxy groups -OCH3 is 1. The number of hydrogen-bond donors (Lipinski definition) is 1. The van der Waals surface area contributed by atoms with Gasteiger partial charge in [0.2, 0.25) is 0 Å². The molecule has 2 aromatic rings. The van der Waals surface area contributed by atoms with Gasteiger partial charge in [0.1, 0.15) is 11.6 Å². The van der Waals surface area contributed by atoms with Gasteiger partial charge in [-0.15, -0.1) is 0 Å². The maximum atomic E-state index is 8.72. The molecule has 0 radical (unpaired) electrons. The van der Waals surface area contributed by atoms with Crippen LogP contribution in [-0.4, -0.2) is 22.3 Å². The van der Waals surface area contributed by atoms with Gasteiger partial charge in [-0.1, -0.05) is 0 Å². The molecule has 2 rings (SSSR count). The number of hydrogen-bond acceptors (Lipinski definition) is 4. The molecule has 0 bridgehead atoms. The summed E-state index contributed by atoms with van der Waals surface area (Å²) in [6.07, 6.45) is 3.21. The van der Waals surface area contributed by atoms with Crippen LogP contribution in [-0.2, 0) is 0 Å². The topological polar surface area (TPSA) is 74.6 Å². The van der Waals surface area contributed by atoms with Gasteiger partial charge in [-0.25, -0.2) is 4.98 Å². The Labute approximate surface area is 74.0 Å². The quantitative estimate of drug-likeness (QED) is 0.695. The van der Waals surface area contributed by atoms with Gasteiger partial charge >= 0.3 is 0 Å². The molecule has 0 fully saturated rings. The fourth-order valence-corrected chi connectivity index (χ4v) is 1.16. The number of aromatic amines is 1. The van der Waals surface area contributed by atoms with E-state index in [0.29, 0.717) is 11.3 Å². The van der Waals surface area contributed by atoms with Crippen molar-refractivity contribution < 1.29 is 4.74 Å². The molecule has 64 valence electrons. The van der Waals surface area contributed by atoms with Crippen LogP contribution >= 0.6 is 0 Å². The van der Waals surface area contributed by atoms with E-state index in [2.05, 4.69) is 15.2 Å². The number of aromatic nitrogens is 3. The number of fused-ring (bicyclic) bond motifs is 1. The van der Waals surface area contributed by atoms with Crippen LogP contribution in [0.1, 0.15) is 5.69 Å². The lowest BCUT2D eigenvalue weighted by Gasteiger charge is -2.01. The molecular weight excluding hydrogens is 168 g/mol. The van der Waals surface area contributed by atoms with Crippen LogP contribution < -0.4 is 4.74 Å². The number of ether oxygens (including phenoxy) is 1. The molecule has 1 N–H and O–H groups in total. The number of nitriles is 1. The summed E-state index contributed by atoms with van der Waals surface area (Å²) >= 11 is 0. The number of nitrogens with zero attached hydrogens (tertiary/aromatic N) is 3. The first-order chi connectivity index (χ1) is 6.36. The highest BCUT2D eigenvalue weighted by Crippen LogP contribution is 2.24. The van der Waals surface area contributed by atoms with Crippen LogP contribution in [0.25, 0.3) is 10.9 Å². The SMILES string of the molecule is COc1c(C#N)ncc2cn[nH]c12. The normalized spacial score (nSPS) is 9.85. The summed E-state index contributed by atoms with van der Waals surface area (Å²) in [7, 11) is 1.50. The Bertz CT molecular complexity index is 482. The molecule has 0 aliphatic rings. The first-order valence-corrected chi connectivity index (χ1v) is 3.63. The highest BCUT2D eigenvalue weighted by Gasteiger charge is 2.09. The van der Waals surface area contributed by atoms with E-state index in [0.717, 1.165) is 5.39 Å². The summed E-state index contributed by atoms with van der Waals surface area (Å²) in [6.45, 7) is 0. The van der Waals surface area contributed by atoms with Crippen LogP contribution in [0.5, 0.6) is 5.75 Å². The van der Waals surface area contributed by atoms with Crippen molar-refractivity contribution in [2.75, 3.05) is 7.11 Å². The van der Waals surface area contributed by atoms with Crippen LogP contribution in [0.3, 0.4) is 0 Å². The van der Waals surface area contributed by atoms with Crippen molar-refractivity contribution in [3.8, 4) is 11.8 Å². The van der Waals surface area contributed by atoms with E-state index < -0.39 is 0 Å². The summed E-state index contributed by atoms with van der Waals surface area (Å²) in [5.74, 6) is 0.442. The van der Waals surface area contributed by atoms with Gasteiger partial charge in [0.25, 0.3) is 0 Å². The van der Waals surface area contributed by atoms with E-state index in [4.69, 9.17) is 10.00 Å². The van der Waals surface area contributed by atoms with Crippen molar-refractivity contribution in [2.24, 2.45) is 0 Å². The Morgan fingerprint density at radius 2 is 2.38 bits per heavy atom. The number of H-pyrrole nitrogens is 1. The summed E-state index contributed by atoms with van der Waals surface area (Å²) in [4.78, 5) is 3.92. The molecule has 0 saturated heterocycles. The van der Waals surface area contributed by atoms with E-state index in [1.807, 2.05) is 6.07 Å². The second-order valence-electron chi connectivity index (χ2n) is 2.45. The largest absolute Gasteiger partial charge is 0.492 e. The fourth-order valence-electron chi connectivity index (χ4n) is 1.16. The highest BCUT2D eigenvalue weighted by molar-refractivity contribution is 5.84. The molecule has 0 unspecified atom stereocenters. The van der Waals surface area contributed by atoms with Crippen molar-refractivity contribution >= 4 is 10.9 Å². The summed E-state index contributed by atoms with van der Waals surface area (Å²) in [6, 6.07) is 1.94. The third-order valence-electron chi connectivity index (χ3n) is 1.75. The Hall–Kier alpha value is -2.09. The fraction of sp³-hybridized carbons (Fsp3) is 0.125. The van der Waals surface area contributed by atoms with Gasteiger partial charge in [0.15, 0.2) is 11.4 Å². The number of nitrogens with one attached hydrogen (secondary N) is 1. The second kappa shape index (κ2) is 2.75. The molecule has 0 spiro atoms. The van der Waals surface area contributed by atoms with Crippen molar-refractivity contribution in [2.45, 2.75) is 0 Å². The smallest absolute Gasteiger partial charge is 0.184 e. The number of rotatable bonds is 1. The van der Waals surface area contributed by atoms with Gasteiger partial charge < -0.3 is 4.74 Å². The molecule has 13 heavy (non-hydrogen) atoms. The Kier molecular flexibility index (Phi) is 1.60. The minimum absolute atomic E-state index is 0.263. The van der Waals surface area contributed by atoms with Crippen molar-refractivity contribution in [3.63, 3.8) is 0 Å². The van der Waals surface area contributed by atoms with Crippen molar-refractivity contribution in [1.82, 2.24) is 15.2 Å². The Morgan fingerprint density at radius 1 is 1.54 bits per heavy atom. The molecule has 0 aliphatic heterocycles. The summed E-state index contributed by atoms with van der Waals surface area (Å²) < 4.78 is 5.05. The molecule has 0 aliphatic carbocycles. The zero-order chi connectivity index (χ0) is 9.26. The second-order valence-corrected chi connectivity index (χ2v) is 2.45. The molecule has 5 heteroatoms. The standard InChI is InChI=1S/C8H6N4O/c1-13-8-6(2-9)10-3-5-4-11-12-7(5)8/h3-4H,1H3,(H,11,12). The molecule has 2 aromatic heterocycles. The average Bonchev–Trinajstić information content (AvgIpc) is 2.63. The molecule has 2 heterocycles. The molecular formula is C8H6N4O. The zero-order valence-electron chi connectivity index (χ0n) is 6.90. The zero-order valence-corrected chi connectivity index (χ0v) is 6.90. The predicted octanol–water partition coefficient (Wildman–Crippen LogP) is 0.838. The van der Waals surface area contributed by atoms with Crippen molar-refractivity contribution in [3.05, 3.63) is 18.1 Å². The predicted molar refractivity (Wildman–Crippen MR) is 45.2 cm³/mol. The van der Waals surface area contributed by atoms with E-state index >= 15 is 0 Å². The Balaban J connectivity index is 2.84. The minimum Gasteiger partial charge on any atom is -0.492 e. The van der Waals surface area contributed by atoms with E-state index in [1.54, 1.807) is 12.4 Å². The van der Waals surface area contributed by atoms with Gasteiger partial charge in [-0.3, -0.25) is 5.10 Å². The molecule has 0 aromatic carbocycles. The van der Waals surface area contributed by atoms with Gasteiger partial charge in [0.05, 0.1) is 13.3 Å². The van der Waals surface area contributed by atoms with Crippen LogP contribution in [0.2, 0.25) is 0 Å². The van der Waals surface area contributed by atoms with E-state index in [9.17, 15) is 0 Å².